The maximum atomic E-state index is 8.73. The first-order chi connectivity index (χ1) is 7.42. The molecule has 0 spiro atoms. The average Bonchev–Trinajstić information content (AvgIpc) is 2.30. The van der Waals surface area contributed by atoms with E-state index in [2.05, 4.69) is 29.6 Å². The van der Waals surface area contributed by atoms with E-state index in [0.29, 0.717) is 12.5 Å². The van der Waals surface area contributed by atoms with E-state index in [-0.39, 0.29) is 6.61 Å². The van der Waals surface area contributed by atoms with Gasteiger partial charge in [0, 0.05) is 13.1 Å². The van der Waals surface area contributed by atoms with Gasteiger partial charge in [0.15, 0.2) is 0 Å². The van der Waals surface area contributed by atoms with Crippen LogP contribution in [0.3, 0.4) is 0 Å². The molecule has 82 valence electrons. The molecule has 1 aromatic rings. The molecule has 0 bridgehead atoms. The Morgan fingerprint density at radius 2 is 2.20 bits per heavy atom. The quantitative estimate of drug-likeness (QED) is 0.733. The van der Waals surface area contributed by atoms with Crippen LogP contribution in [0.15, 0.2) is 24.3 Å². The van der Waals surface area contributed by atoms with Crippen LogP contribution in [-0.4, -0.2) is 24.8 Å². The zero-order chi connectivity index (χ0) is 10.5. The molecule has 1 unspecified atom stereocenters. The maximum absolute atomic E-state index is 8.73. The van der Waals surface area contributed by atoms with Gasteiger partial charge in [-0.3, -0.25) is 0 Å². The first-order valence-electron chi connectivity index (χ1n) is 5.81. The Hall–Kier alpha value is -0.860. The fourth-order valence-corrected chi connectivity index (χ4v) is 2.42. The highest BCUT2D eigenvalue weighted by molar-refractivity contribution is 5.32. The van der Waals surface area contributed by atoms with Gasteiger partial charge in [0.05, 0.1) is 6.61 Å². The van der Waals surface area contributed by atoms with Crippen LogP contribution in [0.5, 0.6) is 0 Å². The van der Waals surface area contributed by atoms with Crippen molar-refractivity contribution in [2.75, 3.05) is 19.7 Å². The molecule has 0 radical (unpaired) electrons. The molecule has 0 fully saturated rings. The molecule has 1 aromatic carbocycles. The van der Waals surface area contributed by atoms with E-state index in [4.69, 9.17) is 5.11 Å². The van der Waals surface area contributed by atoms with Gasteiger partial charge in [-0.15, -0.1) is 0 Å². The second kappa shape index (κ2) is 5.29. The van der Waals surface area contributed by atoms with Crippen molar-refractivity contribution in [1.29, 1.82) is 0 Å². The largest absolute Gasteiger partial charge is 0.395 e. The fraction of sp³-hybridized carbons (Fsp3) is 0.538. The Bertz CT molecular complexity index is 311. The Balaban J connectivity index is 2.02. The second-order valence-corrected chi connectivity index (χ2v) is 4.22. The zero-order valence-corrected chi connectivity index (χ0v) is 9.08. The molecular formula is C13H19NO. The maximum Gasteiger partial charge on any atom is 0.0555 e. The van der Waals surface area contributed by atoms with Gasteiger partial charge in [0.2, 0.25) is 0 Å². The summed E-state index contributed by atoms with van der Waals surface area (Å²) in [6.45, 7) is 1.94. The molecule has 0 saturated heterocycles. The van der Waals surface area contributed by atoms with Crippen molar-refractivity contribution in [2.24, 2.45) is 0 Å². The molecule has 1 aliphatic carbocycles. The van der Waals surface area contributed by atoms with Gasteiger partial charge < -0.3 is 10.4 Å². The van der Waals surface area contributed by atoms with Crippen molar-refractivity contribution in [3.05, 3.63) is 35.4 Å². The zero-order valence-electron chi connectivity index (χ0n) is 9.08. The number of aliphatic hydroxyl groups excluding tert-OH is 1. The summed E-state index contributed by atoms with van der Waals surface area (Å²) in [7, 11) is 0. The second-order valence-electron chi connectivity index (χ2n) is 4.22. The predicted octanol–water partition coefficient (Wildman–Crippen LogP) is 1.69. The number of fused-ring (bicyclic) bond motifs is 1. The summed E-state index contributed by atoms with van der Waals surface area (Å²) >= 11 is 0. The van der Waals surface area contributed by atoms with E-state index in [1.54, 1.807) is 0 Å². The van der Waals surface area contributed by atoms with Crippen molar-refractivity contribution in [3.63, 3.8) is 0 Å². The van der Waals surface area contributed by atoms with Crippen molar-refractivity contribution < 1.29 is 5.11 Å². The van der Waals surface area contributed by atoms with E-state index >= 15 is 0 Å². The highest BCUT2D eigenvalue weighted by Crippen LogP contribution is 2.30. The van der Waals surface area contributed by atoms with Gasteiger partial charge in [-0.25, -0.2) is 0 Å². The van der Waals surface area contributed by atoms with E-state index in [9.17, 15) is 0 Å². The first-order valence-corrected chi connectivity index (χ1v) is 5.81. The molecule has 15 heavy (non-hydrogen) atoms. The molecule has 1 atom stereocenters. The number of hydrogen-bond acceptors (Lipinski definition) is 2. The Kier molecular flexibility index (Phi) is 3.75. The third kappa shape index (κ3) is 2.58. The van der Waals surface area contributed by atoms with Crippen LogP contribution in [0, 0.1) is 0 Å². The third-order valence-electron chi connectivity index (χ3n) is 3.17. The van der Waals surface area contributed by atoms with Crippen LogP contribution in [0.4, 0.5) is 0 Å². The highest BCUT2D eigenvalue weighted by atomic mass is 16.3. The number of nitrogens with one attached hydrogen (secondary N) is 1. The number of benzene rings is 1. The Labute approximate surface area is 91.3 Å². The minimum absolute atomic E-state index is 0.231. The minimum Gasteiger partial charge on any atom is -0.395 e. The van der Waals surface area contributed by atoms with Gasteiger partial charge in [-0.05, 0) is 36.3 Å². The summed E-state index contributed by atoms with van der Waals surface area (Å²) in [5, 5.41) is 12.0. The lowest BCUT2D eigenvalue weighted by molar-refractivity contribution is 0.290. The number of rotatable bonds is 4. The molecular weight excluding hydrogens is 186 g/mol. The lowest BCUT2D eigenvalue weighted by atomic mass is 9.83. The van der Waals surface area contributed by atoms with Crippen LogP contribution < -0.4 is 5.32 Å². The summed E-state index contributed by atoms with van der Waals surface area (Å²) < 4.78 is 0. The molecule has 0 aliphatic heterocycles. The van der Waals surface area contributed by atoms with Crippen LogP contribution in [0.1, 0.15) is 29.9 Å². The molecule has 0 heterocycles. The van der Waals surface area contributed by atoms with Crippen molar-refractivity contribution >= 4 is 0 Å². The third-order valence-corrected chi connectivity index (χ3v) is 3.17. The standard InChI is InChI=1S/C13H19NO/c15-9-8-14-10-12-6-3-5-11-4-1-2-7-13(11)12/h1-2,4,7,12,14-15H,3,5-6,8-10H2. The van der Waals surface area contributed by atoms with Gasteiger partial charge in [0.25, 0.3) is 0 Å². The topological polar surface area (TPSA) is 32.3 Å². The Morgan fingerprint density at radius 1 is 1.33 bits per heavy atom. The highest BCUT2D eigenvalue weighted by Gasteiger charge is 2.18. The Morgan fingerprint density at radius 3 is 3.07 bits per heavy atom. The smallest absolute Gasteiger partial charge is 0.0555 e. The summed E-state index contributed by atoms with van der Waals surface area (Å²) in [5.74, 6) is 0.640. The lowest BCUT2D eigenvalue weighted by Crippen LogP contribution is -2.26. The molecule has 2 N–H and O–H groups in total. The van der Waals surface area contributed by atoms with Crippen molar-refractivity contribution in [2.45, 2.75) is 25.2 Å². The average molecular weight is 205 g/mol. The molecule has 2 heteroatoms. The normalized spacial score (nSPS) is 19.9. The van der Waals surface area contributed by atoms with Crippen LogP contribution in [0.25, 0.3) is 0 Å². The van der Waals surface area contributed by atoms with Gasteiger partial charge in [-0.1, -0.05) is 24.3 Å². The van der Waals surface area contributed by atoms with E-state index in [1.807, 2.05) is 0 Å². The SMILES string of the molecule is OCCNCC1CCCc2ccccc21. The number of aryl methyl sites for hydroxylation is 1. The molecule has 2 nitrogen and oxygen atoms in total. The minimum atomic E-state index is 0.231. The van der Waals surface area contributed by atoms with E-state index in [1.165, 1.54) is 30.4 Å². The van der Waals surface area contributed by atoms with E-state index in [0.717, 1.165) is 6.54 Å². The van der Waals surface area contributed by atoms with Crippen LogP contribution in [0.2, 0.25) is 0 Å². The van der Waals surface area contributed by atoms with Crippen LogP contribution in [-0.2, 0) is 6.42 Å². The lowest BCUT2D eigenvalue weighted by Gasteiger charge is -2.25. The monoisotopic (exact) mass is 205 g/mol. The molecule has 0 saturated carbocycles. The summed E-state index contributed by atoms with van der Waals surface area (Å²) in [6.07, 6.45) is 3.80. The first kappa shape index (κ1) is 10.7. The summed E-state index contributed by atoms with van der Waals surface area (Å²) in [4.78, 5) is 0. The number of aliphatic hydroxyl groups is 1. The van der Waals surface area contributed by atoms with Gasteiger partial charge >= 0.3 is 0 Å². The van der Waals surface area contributed by atoms with Gasteiger partial charge in [-0.2, -0.15) is 0 Å². The fourth-order valence-electron chi connectivity index (χ4n) is 2.42. The van der Waals surface area contributed by atoms with Crippen molar-refractivity contribution in [3.8, 4) is 0 Å². The summed E-state index contributed by atoms with van der Waals surface area (Å²) in [6, 6.07) is 8.75. The molecule has 0 aromatic heterocycles. The van der Waals surface area contributed by atoms with Gasteiger partial charge in [0.1, 0.15) is 0 Å². The summed E-state index contributed by atoms with van der Waals surface area (Å²) in [5.41, 5.74) is 3.02. The van der Waals surface area contributed by atoms with Crippen molar-refractivity contribution in [1.82, 2.24) is 5.32 Å². The van der Waals surface area contributed by atoms with Crippen LogP contribution >= 0.6 is 0 Å². The predicted molar refractivity (Wildman–Crippen MR) is 62.1 cm³/mol. The molecule has 0 amide bonds. The molecule has 2 rings (SSSR count). The number of hydrogen-bond donors (Lipinski definition) is 2. The molecule has 1 aliphatic rings. The van der Waals surface area contributed by atoms with E-state index < -0.39 is 0 Å².